The van der Waals surface area contributed by atoms with Crippen LogP contribution in [0, 0.1) is 5.92 Å². The molecule has 7 nitrogen and oxygen atoms in total. The van der Waals surface area contributed by atoms with Gasteiger partial charge in [-0.05, 0) is 56.3 Å². The van der Waals surface area contributed by atoms with Crippen molar-refractivity contribution in [1.82, 2.24) is 15.5 Å². The molecule has 0 atom stereocenters. The highest BCUT2D eigenvalue weighted by Gasteiger charge is 2.28. The van der Waals surface area contributed by atoms with Gasteiger partial charge >= 0.3 is 6.03 Å². The topological polar surface area (TPSA) is 73.9 Å². The molecule has 2 aliphatic heterocycles. The van der Waals surface area contributed by atoms with E-state index in [0.717, 1.165) is 38.4 Å². The summed E-state index contributed by atoms with van der Waals surface area (Å²) in [4.78, 5) is 28.6. The summed E-state index contributed by atoms with van der Waals surface area (Å²) in [6, 6.07) is 5.72. The van der Waals surface area contributed by atoms with Crippen molar-refractivity contribution in [3.63, 3.8) is 0 Å². The number of amides is 3. The molecular weight excluding hydrogens is 344 g/mol. The van der Waals surface area contributed by atoms with Crippen LogP contribution in [0.15, 0.2) is 18.2 Å². The molecule has 1 aliphatic carbocycles. The van der Waals surface area contributed by atoms with Gasteiger partial charge in [0.1, 0.15) is 5.75 Å². The van der Waals surface area contributed by atoms with Crippen LogP contribution < -0.4 is 20.3 Å². The number of nitrogens with zero attached hydrogens (tertiary/aromatic N) is 2. The number of urea groups is 1. The van der Waals surface area contributed by atoms with Crippen molar-refractivity contribution >= 4 is 17.6 Å². The zero-order valence-corrected chi connectivity index (χ0v) is 15.9. The van der Waals surface area contributed by atoms with Crippen LogP contribution in [0.1, 0.15) is 36.0 Å². The van der Waals surface area contributed by atoms with Gasteiger partial charge in [-0.3, -0.25) is 9.69 Å². The van der Waals surface area contributed by atoms with Crippen LogP contribution in [0.2, 0.25) is 0 Å². The summed E-state index contributed by atoms with van der Waals surface area (Å²) in [6.07, 6.45) is 4.71. The number of nitrogens with one attached hydrogen (secondary N) is 2. The minimum absolute atomic E-state index is 0.0270. The summed E-state index contributed by atoms with van der Waals surface area (Å²) in [5, 5.41) is 6.43. The SMILES string of the molecule is COc1ccc(C(=O)N2CCC(NCC3CC3)CC2)cc1N1CCNC1=O. The van der Waals surface area contributed by atoms with E-state index >= 15 is 0 Å². The minimum atomic E-state index is -0.152. The Kier molecular flexibility index (Phi) is 5.20. The number of rotatable bonds is 6. The molecule has 1 aromatic carbocycles. The summed E-state index contributed by atoms with van der Waals surface area (Å²) < 4.78 is 5.40. The molecule has 0 spiro atoms. The number of ether oxygens (including phenoxy) is 1. The fourth-order valence-corrected chi connectivity index (χ4v) is 3.86. The van der Waals surface area contributed by atoms with Gasteiger partial charge in [-0.25, -0.2) is 4.79 Å². The van der Waals surface area contributed by atoms with Gasteiger partial charge in [-0.1, -0.05) is 0 Å². The zero-order valence-electron chi connectivity index (χ0n) is 15.9. The van der Waals surface area contributed by atoms with Crippen LogP contribution in [0.4, 0.5) is 10.5 Å². The molecule has 1 saturated carbocycles. The number of methoxy groups -OCH3 is 1. The fourth-order valence-electron chi connectivity index (χ4n) is 3.86. The monoisotopic (exact) mass is 372 g/mol. The Morgan fingerprint density at radius 3 is 2.63 bits per heavy atom. The van der Waals surface area contributed by atoms with Crippen LogP contribution >= 0.6 is 0 Å². The number of carbonyl (C=O) groups excluding carboxylic acids is 2. The van der Waals surface area contributed by atoms with Crippen LogP contribution in [-0.4, -0.2) is 62.7 Å². The molecule has 0 aromatic heterocycles. The van der Waals surface area contributed by atoms with E-state index in [0.29, 0.717) is 36.1 Å². The van der Waals surface area contributed by atoms with E-state index in [1.165, 1.54) is 12.8 Å². The van der Waals surface area contributed by atoms with E-state index in [2.05, 4.69) is 10.6 Å². The first-order chi connectivity index (χ1) is 13.2. The average Bonchev–Trinajstić information content (AvgIpc) is 3.44. The number of hydrogen-bond donors (Lipinski definition) is 2. The van der Waals surface area contributed by atoms with E-state index in [1.54, 1.807) is 30.2 Å². The van der Waals surface area contributed by atoms with Gasteiger partial charge in [0.15, 0.2) is 0 Å². The third-order valence-corrected chi connectivity index (χ3v) is 5.75. The molecule has 3 fully saturated rings. The van der Waals surface area contributed by atoms with Gasteiger partial charge in [0, 0.05) is 37.8 Å². The van der Waals surface area contributed by atoms with Crippen molar-refractivity contribution in [3.8, 4) is 5.75 Å². The smallest absolute Gasteiger partial charge is 0.322 e. The van der Waals surface area contributed by atoms with Crippen molar-refractivity contribution in [3.05, 3.63) is 23.8 Å². The Labute approximate surface area is 160 Å². The standard InChI is InChI=1S/C20H28N4O3/c1-27-18-5-4-15(12-17(18)24-11-8-21-20(24)26)19(25)23-9-6-16(7-10-23)22-13-14-2-3-14/h4-5,12,14,16,22H,2-3,6-11,13H2,1H3,(H,21,26). The number of anilines is 1. The molecule has 1 aromatic rings. The molecule has 2 heterocycles. The van der Waals surface area contributed by atoms with Crippen molar-refractivity contribution in [2.24, 2.45) is 5.92 Å². The van der Waals surface area contributed by atoms with Crippen molar-refractivity contribution in [2.45, 2.75) is 31.7 Å². The third-order valence-electron chi connectivity index (χ3n) is 5.75. The van der Waals surface area contributed by atoms with Crippen molar-refractivity contribution < 1.29 is 14.3 Å². The number of hydrogen-bond acceptors (Lipinski definition) is 4. The normalized spacial score (nSPS) is 20.7. The molecule has 2 saturated heterocycles. The second kappa shape index (κ2) is 7.76. The van der Waals surface area contributed by atoms with Crippen LogP contribution in [0.5, 0.6) is 5.75 Å². The summed E-state index contributed by atoms with van der Waals surface area (Å²) in [7, 11) is 1.58. The quantitative estimate of drug-likeness (QED) is 0.799. The lowest BCUT2D eigenvalue weighted by Crippen LogP contribution is -2.45. The van der Waals surface area contributed by atoms with Crippen molar-refractivity contribution in [1.29, 1.82) is 0 Å². The Bertz CT molecular complexity index is 711. The summed E-state index contributed by atoms with van der Waals surface area (Å²) in [5.74, 6) is 1.51. The predicted molar refractivity (Wildman–Crippen MR) is 103 cm³/mol. The van der Waals surface area contributed by atoms with Gasteiger partial charge in [0.2, 0.25) is 0 Å². The molecule has 0 unspecified atom stereocenters. The van der Waals surface area contributed by atoms with E-state index in [4.69, 9.17) is 4.74 Å². The summed E-state index contributed by atoms with van der Waals surface area (Å²) >= 11 is 0. The summed E-state index contributed by atoms with van der Waals surface area (Å²) in [5.41, 5.74) is 1.26. The van der Waals surface area contributed by atoms with E-state index in [9.17, 15) is 9.59 Å². The molecular formula is C20H28N4O3. The van der Waals surface area contributed by atoms with Crippen LogP contribution in [0.25, 0.3) is 0 Å². The molecule has 0 bridgehead atoms. The van der Waals surface area contributed by atoms with E-state index < -0.39 is 0 Å². The highest BCUT2D eigenvalue weighted by Crippen LogP contribution is 2.31. The first-order valence-corrected chi connectivity index (χ1v) is 9.92. The highest BCUT2D eigenvalue weighted by molar-refractivity contribution is 5.99. The Morgan fingerprint density at radius 2 is 2.00 bits per heavy atom. The maximum absolute atomic E-state index is 13.0. The fraction of sp³-hybridized carbons (Fsp3) is 0.600. The van der Waals surface area contributed by atoms with Gasteiger partial charge in [-0.2, -0.15) is 0 Å². The highest BCUT2D eigenvalue weighted by atomic mass is 16.5. The van der Waals surface area contributed by atoms with Gasteiger partial charge < -0.3 is 20.3 Å². The zero-order chi connectivity index (χ0) is 18.8. The lowest BCUT2D eigenvalue weighted by Gasteiger charge is -2.33. The number of benzene rings is 1. The molecule has 3 amide bonds. The van der Waals surface area contributed by atoms with E-state index in [-0.39, 0.29) is 11.9 Å². The van der Waals surface area contributed by atoms with Gasteiger partial charge in [0.25, 0.3) is 5.91 Å². The number of likely N-dealkylation sites (tertiary alicyclic amines) is 1. The third kappa shape index (κ3) is 4.03. The lowest BCUT2D eigenvalue weighted by molar-refractivity contribution is 0.0705. The Hall–Kier alpha value is -2.28. The maximum Gasteiger partial charge on any atom is 0.322 e. The van der Waals surface area contributed by atoms with E-state index in [1.807, 2.05) is 4.90 Å². The molecule has 2 N–H and O–H groups in total. The molecule has 3 aliphatic rings. The Morgan fingerprint density at radius 1 is 1.22 bits per heavy atom. The molecule has 146 valence electrons. The summed E-state index contributed by atoms with van der Waals surface area (Å²) in [6.45, 7) is 3.84. The molecule has 7 heteroatoms. The number of carbonyl (C=O) groups is 2. The molecule has 27 heavy (non-hydrogen) atoms. The predicted octanol–water partition coefficient (Wildman–Crippen LogP) is 1.83. The van der Waals surface area contributed by atoms with Crippen LogP contribution in [-0.2, 0) is 0 Å². The first kappa shape index (κ1) is 18.1. The molecule has 4 rings (SSSR count). The van der Waals surface area contributed by atoms with Crippen LogP contribution in [0.3, 0.4) is 0 Å². The lowest BCUT2D eigenvalue weighted by atomic mass is 10.0. The molecule has 0 radical (unpaired) electrons. The second-order valence-corrected chi connectivity index (χ2v) is 7.69. The number of piperidine rings is 1. The van der Waals surface area contributed by atoms with Gasteiger partial charge in [-0.15, -0.1) is 0 Å². The second-order valence-electron chi connectivity index (χ2n) is 7.69. The maximum atomic E-state index is 13.0. The average molecular weight is 372 g/mol. The minimum Gasteiger partial charge on any atom is -0.495 e. The Balaban J connectivity index is 1.41. The van der Waals surface area contributed by atoms with Crippen molar-refractivity contribution in [2.75, 3.05) is 44.7 Å². The largest absolute Gasteiger partial charge is 0.495 e. The first-order valence-electron chi connectivity index (χ1n) is 9.92. The van der Waals surface area contributed by atoms with Gasteiger partial charge in [0.05, 0.1) is 12.8 Å².